The highest BCUT2D eigenvalue weighted by Crippen LogP contribution is 2.41. The Morgan fingerprint density at radius 1 is 0.548 bits per heavy atom. The molecule has 0 unspecified atom stereocenters. The summed E-state index contributed by atoms with van der Waals surface area (Å²) >= 11 is 6.00. The minimum atomic E-state index is -1.40. The molecule has 374 valence electrons. The Morgan fingerprint density at radius 2 is 1.01 bits per heavy atom. The molecule has 0 atom stereocenters. The highest BCUT2D eigenvalue weighted by molar-refractivity contribution is 6.58. The Hall–Kier alpha value is -8.99. The van der Waals surface area contributed by atoms with Gasteiger partial charge in [-0.25, -0.2) is 24.0 Å². The third kappa shape index (κ3) is 11.5. The second-order valence-electron chi connectivity index (χ2n) is 15.6. The zero-order chi connectivity index (χ0) is 51.6. The number of hydrogen-bond acceptors (Lipinski definition) is 17. The molecule has 6 heterocycles. The third-order valence-electron chi connectivity index (χ3n) is 11.0. The molecule has 4 N–H and O–H groups in total. The van der Waals surface area contributed by atoms with Gasteiger partial charge in [0.25, 0.3) is 0 Å². The standard InChI is InChI=1S/C25H24N6O3.C18H17ClN6O3.C7H9BO3/c1-16-7-9-17(10-8-16)24-28-25(19-6-5-11-31(19)29-24)27-22-14-30(15-26-22)18-12-20(32-2)23(34-4)21(13-18)33-3;1-26-13-7-11(8-14(27-2)16(13)28-3)24-9-15(20-10-24)21-17-12-5-4-6-25(12)23-18(19)22-17;1-11-7-4-2-6(3-5-7)8(9)10/h5-15H,1-4H3,(H,27,28,29);4-10H,1-3H3,(H,21,22,23);2-5,9-10H,1H3. The van der Waals surface area contributed by atoms with E-state index in [1.54, 1.807) is 102 Å². The fourth-order valence-corrected chi connectivity index (χ4v) is 7.53. The van der Waals surface area contributed by atoms with E-state index in [0.29, 0.717) is 74.8 Å². The van der Waals surface area contributed by atoms with Crippen molar-refractivity contribution in [2.24, 2.45) is 0 Å². The van der Waals surface area contributed by atoms with E-state index in [2.05, 4.69) is 42.7 Å². The van der Waals surface area contributed by atoms with Crippen LogP contribution in [0.15, 0.2) is 135 Å². The van der Waals surface area contributed by atoms with Crippen molar-refractivity contribution in [3.63, 3.8) is 0 Å². The average Bonchev–Trinajstić information content (AvgIpc) is 4.27. The minimum absolute atomic E-state index is 0.134. The van der Waals surface area contributed by atoms with E-state index in [1.807, 2.05) is 101 Å². The Balaban J connectivity index is 0.000000164. The number of methoxy groups -OCH3 is 7. The first-order valence-corrected chi connectivity index (χ1v) is 22.5. The smallest absolute Gasteiger partial charge is 0.488 e. The SMILES string of the molecule is COc1cc(-n2cnc(Nc3nc(-c4ccc(C)cc4)nn4cccc34)c2)cc(OC)c1OC.COc1cc(-n2cnc(Nc3nc(Cl)nn4cccc34)c2)cc(OC)c1OC.COc1ccc(B(O)O)cc1. The summed E-state index contributed by atoms with van der Waals surface area (Å²) in [5.41, 5.74) is 5.82. The molecule has 0 aliphatic carbocycles. The summed E-state index contributed by atoms with van der Waals surface area (Å²) in [7, 11) is 9.62. The summed E-state index contributed by atoms with van der Waals surface area (Å²) in [6.45, 7) is 2.05. The van der Waals surface area contributed by atoms with Crippen LogP contribution in [0.2, 0.25) is 5.28 Å². The molecule has 23 heteroatoms. The summed E-state index contributed by atoms with van der Waals surface area (Å²) in [6.07, 6.45) is 10.8. The zero-order valence-corrected chi connectivity index (χ0v) is 41.6. The number of ether oxygens (including phenoxy) is 7. The quantitative estimate of drug-likeness (QED) is 0.0736. The molecular weight excluding hydrogens is 959 g/mol. The van der Waals surface area contributed by atoms with Crippen LogP contribution in [0, 0.1) is 6.92 Å². The van der Waals surface area contributed by atoms with Gasteiger partial charge in [0.15, 0.2) is 40.5 Å². The monoisotopic (exact) mass is 1010 g/mol. The van der Waals surface area contributed by atoms with Gasteiger partial charge in [-0.05, 0) is 60.4 Å². The van der Waals surface area contributed by atoms with E-state index >= 15 is 0 Å². The van der Waals surface area contributed by atoms with Crippen LogP contribution in [-0.2, 0) is 0 Å². The number of rotatable bonds is 15. The van der Waals surface area contributed by atoms with E-state index in [4.69, 9.17) is 59.8 Å². The topological polar surface area (TPSA) is 225 Å². The van der Waals surface area contributed by atoms with Crippen molar-refractivity contribution in [1.29, 1.82) is 0 Å². The molecule has 0 aliphatic heterocycles. The average molecular weight is 1010 g/mol. The Labute approximate surface area is 424 Å². The van der Waals surface area contributed by atoms with Crippen LogP contribution < -0.4 is 49.3 Å². The molecule has 10 aromatic rings. The molecule has 4 aromatic carbocycles. The van der Waals surface area contributed by atoms with Crippen LogP contribution in [-0.4, -0.2) is 115 Å². The Kier molecular flexibility index (Phi) is 15.8. The third-order valence-corrected chi connectivity index (χ3v) is 11.2. The highest BCUT2D eigenvalue weighted by Gasteiger charge is 2.18. The van der Waals surface area contributed by atoms with Gasteiger partial charge in [-0.2, -0.15) is 4.98 Å². The van der Waals surface area contributed by atoms with Gasteiger partial charge in [0.05, 0.1) is 73.5 Å². The maximum atomic E-state index is 8.70. The van der Waals surface area contributed by atoms with Gasteiger partial charge in [0.1, 0.15) is 41.1 Å². The number of aromatic nitrogens is 10. The summed E-state index contributed by atoms with van der Waals surface area (Å²) < 4.78 is 44.6. The molecule has 0 saturated carbocycles. The number of anilines is 4. The zero-order valence-electron chi connectivity index (χ0n) is 40.9. The fourth-order valence-electron chi connectivity index (χ4n) is 7.36. The van der Waals surface area contributed by atoms with Gasteiger partial charge in [-0.1, -0.05) is 42.0 Å². The fraction of sp³-hybridized carbons (Fsp3) is 0.160. The van der Waals surface area contributed by atoms with Gasteiger partial charge in [0.2, 0.25) is 16.8 Å². The molecule has 10 rings (SSSR count). The number of aryl methyl sites for hydroxylation is 1. The van der Waals surface area contributed by atoms with Crippen molar-refractivity contribution in [3.05, 3.63) is 145 Å². The molecular formula is C50H50BClN12O9. The van der Waals surface area contributed by atoms with Gasteiger partial charge < -0.3 is 63.0 Å². The van der Waals surface area contributed by atoms with E-state index in [1.165, 1.54) is 5.56 Å². The number of halogens is 1. The summed E-state index contributed by atoms with van der Waals surface area (Å²) in [5, 5.41) is 32.8. The largest absolute Gasteiger partial charge is 0.497 e. The van der Waals surface area contributed by atoms with Crippen LogP contribution in [0.4, 0.5) is 23.3 Å². The lowest BCUT2D eigenvalue weighted by molar-refractivity contribution is 0.324. The van der Waals surface area contributed by atoms with Crippen molar-refractivity contribution in [2.45, 2.75) is 6.92 Å². The molecule has 0 amide bonds. The van der Waals surface area contributed by atoms with E-state index in [-0.39, 0.29) is 5.28 Å². The maximum absolute atomic E-state index is 8.70. The van der Waals surface area contributed by atoms with Crippen LogP contribution in [0.3, 0.4) is 0 Å². The van der Waals surface area contributed by atoms with Crippen LogP contribution in [0.1, 0.15) is 5.56 Å². The molecule has 6 aromatic heterocycles. The lowest BCUT2D eigenvalue weighted by Crippen LogP contribution is -2.29. The first kappa shape index (κ1) is 50.4. The lowest BCUT2D eigenvalue weighted by atomic mass is 9.80. The lowest BCUT2D eigenvalue weighted by Gasteiger charge is -2.14. The molecule has 0 aliphatic rings. The van der Waals surface area contributed by atoms with Gasteiger partial charge in [-0.15, -0.1) is 10.2 Å². The molecule has 0 fully saturated rings. The number of imidazole rings is 2. The normalized spacial score (nSPS) is 10.7. The van der Waals surface area contributed by atoms with Gasteiger partial charge in [0, 0.05) is 42.2 Å². The number of nitrogens with one attached hydrogen (secondary N) is 2. The van der Waals surface area contributed by atoms with Crippen molar-refractivity contribution in [2.75, 3.05) is 60.4 Å². The predicted molar refractivity (Wildman–Crippen MR) is 277 cm³/mol. The Morgan fingerprint density at radius 3 is 1.45 bits per heavy atom. The molecule has 73 heavy (non-hydrogen) atoms. The highest BCUT2D eigenvalue weighted by atomic mass is 35.5. The first-order chi connectivity index (χ1) is 35.4. The van der Waals surface area contributed by atoms with E-state index < -0.39 is 7.12 Å². The molecule has 0 spiro atoms. The molecule has 0 radical (unpaired) electrons. The van der Waals surface area contributed by atoms with Crippen molar-refractivity contribution < 1.29 is 43.2 Å². The number of fused-ring (bicyclic) bond motifs is 2. The van der Waals surface area contributed by atoms with Crippen molar-refractivity contribution >= 4 is 58.5 Å². The molecule has 0 bridgehead atoms. The van der Waals surface area contributed by atoms with Crippen LogP contribution in [0.5, 0.6) is 40.2 Å². The first-order valence-electron chi connectivity index (χ1n) is 22.1. The number of nitrogens with zero attached hydrogens (tertiary/aromatic N) is 10. The second kappa shape index (κ2) is 22.8. The maximum Gasteiger partial charge on any atom is 0.488 e. The van der Waals surface area contributed by atoms with Crippen LogP contribution in [0.25, 0.3) is 33.8 Å². The summed E-state index contributed by atoms with van der Waals surface area (Å²) in [5.74, 6) is 7.05. The van der Waals surface area contributed by atoms with Gasteiger partial charge in [-0.3, -0.25) is 0 Å². The van der Waals surface area contributed by atoms with E-state index in [0.717, 1.165) is 28.0 Å². The van der Waals surface area contributed by atoms with Crippen molar-refractivity contribution in [1.82, 2.24) is 48.3 Å². The van der Waals surface area contributed by atoms with Crippen LogP contribution >= 0.6 is 11.6 Å². The molecule has 21 nitrogen and oxygen atoms in total. The van der Waals surface area contributed by atoms with Gasteiger partial charge >= 0.3 is 7.12 Å². The van der Waals surface area contributed by atoms with E-state index in [9.17, 15) is 0 Å². The second-order valence-corrected chi connectivity index (χ2v) is 15.9. The Bertz CT molecular complexity index is 3400. The number of hydrogen-bond donors (Lipinski definition) is 4. The molecule has 0 saturated heterocycles. The number of benzene rings is 4. The van der Waals surface area contributed by atoms with Crippen molar-refractivity contribution in [3.8, 4) is 63.0 Å². The predicted octanol–water partition coefficient (Wildman–Crippen LogP) is 7.37. The summed E-state index contributed by atoms with van der Waals surface area (Å²) in [4.78, 5) is 17.9. The summed E-state index contributed by atoms with van der Waals surface area (Å²) in [6, 6.07) is 29.7. The minimum Gasteiger partial charge on any atom is -0.497 e.